The molecule has 2 heterocycles. The number of piperazine rings is 1. The van der Waals surface area contributed by atoms with Crippen molar-refractivity contribution < 1.29 is 4.79 Å². The van der Waals surface area contributed by atoms with Gasteiger partial charge in [-0.1, -0.05) is 31.0 Å². The maximum Gasteiger partial charge on any atom is 0.222 e. The SMILES string of the molecule is O=C(CCc1c[nH]c2ccccc12)N1CCN(C2CCCC2)CC1. The van der Waals surface area contributed by atoms with Crippen molar-refractivity contribution in [3.8, 4) is 0 Å². The minimum absolute atomic E-state index is 0.311. The molecule has 1 saturated carbocycles. The Labute approximate surface area is 143 Å². The Morgan fingerprint density at radius 3 is 2.62 bits per heavy atom. The maximum absolute atomic E-state index is 12.6. The summed E-state index contributed by atoms with van der Waals surface area (Å²) < 4.78 is 0. The van der Waals surface area contributed by atoms with Crippen molar-refractivity contribution >= 4 is 16.8 Å². The van der Waals surface area contributed by atoms with Crippen LogP contribution in [0.25, 0.3) is 10.9 Å². The van der Waals surface area contributed by atoms with E-state index in [1.165, 1.54) is 36.6 Å². The highest BCUT2D eigenvalue weighted by Crippen LogP contribution is 2.24. The molecule has 4 rings (SSSR count). The van der Waals surface area contributed by atoms with Gasteiger partial charge in [-0.15, -0.1) is 0 Å². The normalized spacial score (nSPS) is 20.1. The standard InChI is InChI=1S/C20H27N3O/c24-20(10-9-16-15-21-19-8-4-3-7-18(16)19)23-13-11-22(12-14-23)17-5-1-2-6-17/h3-4,7-8,15,17,21H,1-2,5-6,9-14H2. The van der Waals surface area contributed by atoms with Gasteiger partial charge in [-0.25, -0.2) is 0 Å². The molecule has 1 aliphatic heterocycles. The number of aromatic amines is 1. The van der Waals surface area contributed by atoms with Gasteiger partial charge in [0.15, 0.2) is 0 Å². The van der Waals surface area contributed by atoms with Crippen LogP contribution >= 0.6 is 0 Å². The molecule has 1 N–H and O–H groups in total. The number of aromatic nitrogens is 1. The fourth-order valence-electron chi connectivity index (χ4n) is 4.34. The number of aryl methyl sites for hydroxylation is 1. The van der Waals surface area contributed by atoms with Crippen LogP contribution < -0.4 is 0 Å². The van der Waals surface area contributed by atoms with E-state index in [0.29, 0.717) is 12.3 Å². The van der Waals surface area contributed by atoms with E-state index in [1.807, 2.05) is 6.07 Å². The number of benzene rings is 1. The summed E-state index contributed by atoms with van der Waals surface area (Å²) in [5, 5.41) is 1.25. The lowest BCUT2D eigenvalue weighted by atomic mass is 10.1. The molecule has 0 radical (unpaired) electrons. The third kappa shape index (κ3) is 3.20. The molecule has 4 heteroatoms. The molecule has 2 aromatic rings. The summed E-state index contributed by atoms with van der Waals surface area (Å²) in [6.45, 7) is 3.93. The molecule has 128 valence electrons. The predicted molar refractivity (Wildman–Crippen MR) is 97.0 cm³/mol. The Kier molecular flexibility index (Phi) is 4.56. The minimum atomic E-state index is 0.311. The molecule has 1 aliphatic carbocycles. The average molecular weight is 325 g/mol. The van der Waals surface area contributed by atoms with Gasteiger partial charge in [0.2, 0.25) is 5.91 Å². The molecule has 0 atom stereocenters. The highest BCUT2D eigenvalue weighted by molar-refractivity contribution is 5.84. The molecule has 2 fully saturated rings. The van der Waals surface area contributed by atoms with Crippen molar-refractivity contribution in [1.82, 2.24) is 14.8 Å². The van der Waals surface area contributed by atoms with Gasteiger partial charge >= 0.3 is 0 Å². The fourth-order valence-corrected chi connectivity index (χ4v) is 4.34. The highest BCUT2D eigenvalue weighted by Gasteiger charge is 2.27. The average Bonchev–Trinajstić information content (AvgIpc) is 3.30. The molecule has 0 unspecified atom stereocenters. The monoisotopic (exact) mass is 325 g/mol. The number of H-pyrrole nitrogens is 1. The molecular weight excluding hydrogens is 298 g/mol. The smallest absolute Gasteiger partial charge is 0.222 e. The number of amides is 1. The van der Waals surface area contributed by atoms with Crippen LogP contribution in [0.15, 0.2) is 30.5 Å². The van der Waals surface area contributed by atoms with Gasteiger partial charge in [0.25, 0.3) is 0 Å². The minimum Gasteiger partial charge on any atom is -0.361 e. The Hall–Kier alpha value is -1.81. The van der Waals surface area contributed by atoms with E-state index in [9.17, 15) is 4.79 Å². The Morgan fingerprint density at radius 2 is 1.83 bits per heavy atom. The number of nitrogens with one attached hydrogen (secondary N) is 1. The van der Waals surface area contributed by atoms with Crippen molar-refractivity contribution in [2.75, 3.05) is 26.2 Å². The number of carbonyl (C=O) groups is 1. The van der Waals surface area contributed by atoms with Gasteiger partial charge in [0, 0.05) is 55.7 Å². The van der Waals surface area contributed by atoms with Crippen molar-refractivity contribution in [3.63, 3.8) is 0 Å². The van der Waals surface area contributed by atoms with Crippen LogP contribution in [0.5, 0.6) is 0 Å². The second-order valence-electron chi connectivity index (χ2n) is 7.21. The predicted octanol–water partition coefficient (Wildman–Crippen LogP) is 3.19. The molecule has 24 heavy (non-hydrogen) atoms. The van der Waals surface area contributed by atoms with Crippen LogP contribution in [0.1, 0.15) is 37.7 Å². The first-order chi connectivity index (χ1) is 11.8. The van der Waals surface area contributed by atoms with Crippen molar-refractivity contribution in [2.45, 2.75) is 44.6 Å². The number of para-hydroxylation sites is 1. The first-order valence-electron chi connectivity index (χ1n) is 9.38. The quantitative estimate of drug-likeness (QED) is 0.938. The molecule has 1 amide bonds. The molecule has 4 nitrogen and oxygen atoms in total. The topological polar surface area (TPSA) is 39.3 Å². The van der Waals surface area contributed by atoms with E-state index in [2.05, 4.69) is 39.2 Å². The van der Waals surface area contributed by atoms with Gasteiger partial charge in [-0.3, -0.25) is 9.69 Å². The molecular formula is C20H27N3O. The van der Waals surface area contributed by atoms with Gasteiger partial charge in [-0.05, 0) is 30.9 Å². The summed E-state index contributed by atoms with van der Waals surface area (Å²) in [6.07, 6.45) is 8.97. The fraction of sp³-hybridized carbons (Fsp3) is 0.550. The first kappa shape index (κ1) is 15.7. The number of fused-ring (bicyclic) bond motifs is 1. The molecule has 1 saturated heterocycles. The van der Waals surface area contributed by atoms with Crippen molar-refractivity contribution in [1.29, 1.82) is 0 Å². The molecule has 1 aromatic heterocycles. The zero-order valence-corrected chi connectivity index (χ0v) is 14.3. The summed E-state index contributed by atoms with van der Waals surface area (Å²) in [5.74, 6) is 0.311. The molecule has 1 aromatic carbocycles. The summed E-state index contributed by atoms with van der Waals surface area (Å²) in [7, 11) is 0. The molecule has 0 bridgehead atoms. The van der Waals surface area contributed by atoms with Crippen molar-refractivity contribution in [2.24, 2.45) is 0 Å². The number of nitrogens with zero attached hydrogens (tertiary/aromatic N) is 2. The zero-order chi connectivity index (χ0) is 16.4. The number of hydrogen-bond donors (Lipinski definition) is 1. The van der Waals surface area contributed by atoms with Gasteiger partial charge < -0.3 is 9.88 Å². The van der Waals surface area contributed by atoms with Crippen LogP contribution in [-0.2, 0) is 11.2 Å². The summed E-state index contributed by atoms with van der Waals surface area (Å²) >= 11 is 0. The van der Waals surface area contributed by atoms with Gasteiger partial charge in [0.05, 0.1) is 0 Å². The summed E-state index contributed by atoms with van der Waals surface area (Å²) in [4.78, 5) is 20.5. The summed E-state index contributed by atoms with van der Waals surface area (Å²) in [6, 6.07) is 9.10. The second-order valence-corrected chi connectivity index (χ2v) is 7.21. The third-order valence-corrected chi connectivity index (χ3v) is 5.79. The Bertz CT molecular complexity index is 694. The van der Waals surface area contributed by atoms with Gasteiger partial charge in [-0.2, -0.15) is 0 Å². The van der Waals surface area contributed by atoms with E-state index >= 15 is 0 Å². The lowest BCUT2D eigenvalue weighted by molar-refractivity contribution is -0.133. The van der Waals surface area contributed by atoms with E-state index in [1.54, 1.807) is 0 Å². The second kappa shape index (κ2) is 6.98. The van der Waals surface area contributed by atoms with Crippen LogP contribution in [0.3, 0.4) is 0 Å². The van der Waals surface area contributed by atoms with E-state index < -0.39 is 0 Å². The van der Waals surface area contributed by atoms with Crippen LogP contribution in [0.4, 0.5) is 0 Å². The van der Waals surface area contributed by atoms with E-state index in [4.69, 9.17) is 0 Å². The lowest BCUT2D eigenvalue weighted by Gasteiger charge is -2.38. The van der Waals surface area contributed by atoms with Crippen LogP contribution in [-0.4, -0.2) is 52.9 Å². The molecule has 2 aliphatic rings. The zero-order valence-electron chi connectivity index (χ0n) is 14.3. The Balaban J connectivity index is 1.29. The van der Waals surface area contributed by atoms with Gasteiger partial charge in [0.1, 0.15) is 0 Å². The number of hydrogen-bond acceptors (Lipinski definition) is 2. The number of rotatable bonds is 4. The van der Waals surface area contributed by atoms with E-state index in [0.717, 1.165) is 44.2 Å². The maximum atomic E-state index is 12.6. The largest absolute Gasteiger partial charge is 0.361 e. The van der Waals surface area contributed by atoms with Crippen LogP contribution in [0, 0.1) is 0 Å². The molecule has 0 spiro atoms. The number of carbonyl (C=O) groups excluding carboxylic acids is 1. The van der Waals surface area contributed by atoms with Crippen molar-refractivity contribution in [3.05, 3.63) is 36.0 Å². The first-order valence-corrected chi connectivity index (χ1v) is 9.38. The lowest BCUT2D eigenvalue weighted by Crippen LogP contribution is -2.51. The Morgan fingerprint density at radius 1 is 1.08 bits per heavy atom. The summed E-state index contributed by atoms with van der Waals surface area (Å²) in [5.41, 5.74) is 2.41. The highest BCUT2D eigenvalue weighted by atomic mass is 16.2. The van der Waals surface area contributed by atoms with Crippen LogP contribution in [0.2, 0.25) is 0 Å². The van der Waals surface area contributed by atoms with E-state index in [-0.39, 0.29) is 0 Å². The third-order valence-electron chi connectivity index (χ3n) is 5.79.